The molecule has 7 nitrogen and oxygen atoms in total. The van der Waals surface area contributed by atoms with E-state index >= 15 is 0 Å². The van der Waals surface area contributed by atoms with Gasteiger partial charge in [0.1, 0.15) is 11.8 Å². The maximum absolute atomic E-state index is 11.9. The summed E-state index contributed by atoms with van der Waals surface area (Å²) in [4.78, 5) is 33.2. The number of carboxylic acids is 2. The maximum atomic E-state index is 11.9. The molecule has 0 aliphatic rings. The van der Waals surface area contributed by atoms with Gasteiger partial charge in [0.05, 0.1) is 10.6 Å². The number of phenols is 1. The first kappa shape index (κ1) is 15.8. The Labute approximate surface area is 118 Å². The zero-order valence-electron chi connectivity index (χ0n) is 10.2. The van der Waals surface area contributed by atoms with E-state index in [1.807, 2.05) is 0 Å². The van der Waals surface area contributed by atoms with Crippen LogP contribution in [0.15, 0.2) is 18.2 Å². The van der Waals surface area contributed by atoms with Crippen LogP contribution in [0.3, 0.4) is 0 Å². The van der Waals surface area contributed by atoms with Gasteiger partial charge in [0.25, 0.3) is 5.91 Å². The van der Waals surface area contributed by atoms with E-state index in [4.69, 9.17) is 21.8 Å². The summed E-state index contributed by atoms with van der Waals surface area (Å²) in [6.45, 7) is 0. The summed E-state index contributed by atoms with van der Waals surface area (Å²) < 4.78 is 0. The molecule has 0 aliphatic heterocycles. The van der Waals surface area contributed by atoms with Gasteiger partial charge in [0.15, 0.2) is 0 Å². The number of hydrogen-bond acceptors (Lipinski definition) is 4. The lowest BCUT2D eigenvalue weighted by atomic mass is 10.1. The van der Waals surface area contributed by atoms with Crippen LogP contribution in [0.25, 0.3) is 0 Å². The Morgan fingerprint density at radius 3 is 2.45 bits per heavy atom. The van der Waals surface area contributed by atoms with Gasteiger partial charge in [0, 0.05) is 6.42 Å². The van der Waals surface area contributed by atoms with E-state index < -0.39 is 30.3 Å². The predicted octanol–water partition coefficient (Wildman–Crippen LogP) is 1.09. The zero-order valence-corrected chi connectivity index (χ0v) is 10.9. The smallest absolute Gasteiger partial charge is 0.326 e. The Hall–Kier alpha value is -2.28. The molecule has 1 atom stereocenters. The van der Waals surface area contributed by atoms with Crippen molar-refractivity contribution in [3.63, 3.8) is 0 Å². The van der Waals surface area contributed by atoms with E-state index in [9.17, 15) is 19.5 Å². The van der Waals surface area contributed by atoms with Crippen LogP contribution < -0.4 is 5.32 Å². The minimum absolute atomic E-state index is 0.0441. The molecule has 4 N–H and O–H groups in total. The van der Waals surface area contributed by atoms with Gasteiger partial charge in [-0.15, -0.1) is 0 Å². The van der Waals surface area contributed by atoms with Gasteiger partial charge < -0.3 is 20.6 Å². The molecule has 0 heterocycles. The fourth-order valence-corrected chi connectivity index (χ4v) is 1.65. The fourth-order valence-electron chi connectivity index (χ4n) is 1.45. The molecule has 1 rings (SSSR count). The molecule has 0 spiro atoms. The summed E-state index contributed by atoms with van der Waals surface area (Å²) >= 11 is 5.77. The van der Waals surface area contributed by atoms with Crippen molar-refractivity contribution in [2.45, 2.75) is 18.9 Å². The number of hydrogen-bond donors (Lipinski definition) is 4. The van der Waals surface area contributed by atoms with Gasteiger partial charge in [-0.25, -0.2) is 4.79 Å². The molecule has 1 aromatic rings. The first-order valence-electron chi connectivity index (χ1n) is 5.55. The number of carbonyl (C=O) groups excluding carboxylic acids is 1. The predicted molar refractivity (Wildman–Crippen MR) is 68.9 cm³/mol. The Balaban J connectivity index is 2.82. The number of carbonyl (C=O) groups is 3. The highest BCUT2D eigenvalue weighted by Crippen LogP contribution is 2.21. The van der Waals surface area contributed by atoms with Crippen LogP contribution >= 0.6 is 11.6 Å². The number of rotatable bonds is 6. The van der Waals surface area contributed by atoms with Crippen molar-refractivity contribution in [1.82, 2.24) is 5.32 Å². The van der Waals surface area contributed by atoms with E-state index in [1.165, 1.54) is 12.1 Å². The van der Waals surface area contributed by atoms with Crippen LogP contribution in [0.5, 0.6) is 5.75 Å². The number of aromatic hydroxyl groups is 1. The SMILES string of the molecule is O=C(O)CC[C@H](NC(=O)c1cc(O)ccc1Cl)C(=O)O. The van der Waals surface area contributed by atoms with Gasteiger partial charge in [-0.2, -0.15) is 0 Å². The number of amides is 1. The third-order valence-electron chi connectivity index (χ3n) is 2.44. The van der Waals surface area contributed by atoms with Crippen molar-refractivity contribution in [2.24, 2.45) is 0 Å². The molecule has 0 saturated heterocycles. The number of phenolic OH excluding ortho intramolecular Hbond substituents is 1. The minimum Gasteiger partial charge on any atom is -0.508 e. The molecule has 0 aromatic heterocycles. The van der Waals surface area contributed by atoms with Crippen molar-refractivity contribution in [3.05, 3.63) is 28.8 Å². The van der Waals surface area contributed by atoms with Crippen LogP contribution in [0.4, 0.5) is 0 Å². The van der Waals surface area contributed by atoms with Gasteiger partial charge in [-0.3, -0.25) is 9.59 Å². The number of benzene rings is 1. The molecule has 1 amide bonds. The Kier molecular flexibility index (Phi) is 5.33. The first-order valence-corrected chi connectivity index (χ1v) is 5.93. The van der Waals surface area contributed by atoms with Crippen LogP contribution in [0.2, 0.25) is 5.02 Å². The van der Waals surface area contributed by atoms with E-state index in [0.717, 1.165) is 6.07 Å². The van der Waals surface area contributed by atoms with Gasteiger partial charge in [0.2, 0.25) is 0 Å². The summed E-state index contributed by atoms with van der Waals surface area (Å²) in [5.74, 6) is -3.52. The monoisotopic (exact) mass is 301 g/mol. The molecular formula is C12H12ClNO6. The lowest BCUT2D eigenvalue weighted by Crippen LogP contribution is -2.41. The standard InChI is InChI=1S/C12H12ClNO6/c13-8-2-1-6(15)5-7(8)11(18)14-9(12(19)20)3-4-10(16)17/h1-2,5,9,15H,3-4H2,(H,14,18)(H,16,17)(H,19,20)/t9-/m0/s1. The van der Waals surface area contributed by atoms with E-state index in [1.54, 1.807) is 0 Å². The summed E-state index contributed by atoms with van der Waals surface area (Å²) in [6.07, 6.45) is -0.655. The normalized spacial score (nSPS) is 11.7. The molecule has 20 heavy (non-hydrogen) atoms. The Morgan fingerprint density at radius 1 is 1.25 bits per heavy atom. The summed E-state index contributed by atoms with van der Waals surface area (Å²) in [5, 5.41) is 28.9. The third-order valence-corrected chi connectivity index (χ3v) is 2.77. The van der Waals surface area contributed by atoms with Crippen LogP contribution in [0, 0.1) is 0 Å². The summed E-state index contributed by atoms with van der Waals surface area (Å²) in [6, 6.07) is 2.31. The van der Waals surface area contributed by atoms with Gasteiger partial charge in [-0.05, 0) is 24.6 Å². The fraction of sp³-hybridized carbons (Fsp3) is 0.250. The molecule has 8 heteroatoms. The second-order valence-electron chi connectivity index (χ2n) is 3.96. The quantitative estimate of drug-likeness (QED) is 0.623. The number of carboxylic acid groups (broad SMARTS) is 2. The lowest BCUT2D eigenvalue weighted by molar-refractivity contribution is -0.140. The number of nitrogens with one attached hydrogen (secondary N) is 1. The van der Waals surface area contributed by atoms with Gasteiger partial charge in [-0.1, -0.05) is 11.6 Å². The largest absolute Gasteiger partial charge is 0.508 e. The second-order valence-corrected chi connectivity index (χ2v) is 4.37. The third kappa shape index (κ3) is 4.43. The van der Waals surface area contributed by atoms with Crippen molar-refractivity contribution in [2.75, 3.05) is 0 Å². The molecule has 0 unspecified atom stereocenters. The van der Waals surface area contributed by atoms with Crippen molar-refractivity contribution in [3.8, 4) is 5.75 Å². The van der Waals surface area contributed by atoms with Crippen LogP contribution in [-0.2, 0) is 9.59 Å². The average molecular weight is 302 g/mol. The van der Waals surface area contributed by atoms with Crippen molar-refractivity contribution in [1.29, 1.82) is 0 Å². The van der Waals surface area contributed by atoms with Crippen LogP contribution in [-0.4, -0.2) is 39.2 Å². The lowest BCUT2D eigenvalue weighted by Gasteiger charge is -2.14. The zero-order chi connectivity index (χ0) is 15.3. The van der Waals surface area contributed by atoms with Crippen molar-refractivity contribution >= 4 is 29.4 Å². The molecule has 0 aliphatic carbocycles. The number of aliphatic carboxylic acids is 2. The molecule has 0 radical (unpaired) electrons. The summed E-state index contributed by atoms with van der Waals surface area (Å²) in [5.41, 5.74) is -0.0896. The molecular weight excluding hydrogens is 290 g/mol. The highest BCUT2D eigenvalue weighted by atomic mass is 35.5. The molecule has 0 bridgehead atoms. The minimum atomic E-state index is -1.35. The average Bonchev–Trinajstić information content (AvgIpc) is 2.36. The van der Waals surface area contributed by atoms with E-state index in [2.05, 4.69) is 5.32 Å². The first-order chi connectivity index (χ1) is 9.31. The topological polar surface area (TPSA) is 124 Å². The maximum Gasteiger partial charge on any atom is 0.326 e. The Morgan fingerprint density at radius 2 is 1.90 bits per heavy atom. The molecule has 0 fully saturated rings. The second kappa shape index (κ2) is 6.76. The van der Waals surface area contributed by atoms with Gasteiger partial charge >= 0.3 is 11.9 Å². The number of halogens is 1. The summed E-state index contributed by atoms with van der Waals surface area (Å²) in [7, 11) is 0. The molecule has 0 saturated carbocycles. The Bertz CT molecular complexity index is 545. The van der Waals surface area contributed by atoms with E-state index in [0.29, 0.717) is 0 Å². The van der Waals surface area contributed by atoms with E-state index in [-0.39, 0.29) is 22.8 Å². The highest BCUT2D eigenvalue weighted by molar-refractivity contribution is 6.33. The van der Waals surface area contributed by atoms with Crippen molar-refractivity contribution < 1.29 is 29.7 Å². The molecule has 108 valence electrons. The highest BCUT2D eigenvalue weighted by Gasteiger charge is 2.22. The molecule has 1 aromatic carbocycles. The van der Waals surface area contributed by atoms with Crippen LogP contribution in [0.1, 0.15) is 23.2 Å².